The molecule has 4 nitrogen and oxygen atoms in total. The summed E-state index contributed by atoms with van der Waals surface area (Å²) in [6, 6.07) is 0. The summed E-state index contributed by atoms with van der Waals surface area (Å²) in [5.41, 5.74) is 5.29. The molecule has 0 bridgehead atoms. The first kappa shape index (κ1) is 19.7. The quantitative estimate of drug-likeness (QED) is 0.675. The molecule has 1 aliphatic carbocycles. The minimum absolute atomic E-state index is 0. The normalized spacial score (nSPS) is 18.2. The molecule has 0 radical (unpaired) electrons. The molecule has 1 rings (SSSR count). The monoisotopic (exact) mass is 306 g/mol. The Morgan fingerprint density at radius 3 is 2.30 bits per heavy atom. The maximum Gasteiger partial charge on any atom is 0.227 e. The van der Waals surface area contributed by atoms with Crippen LogP contribution in [0.2, 0.25) is 0 Å². The molecular formula is C15H31ClN2O2. The van der Waals surface area contributed by atoms with Gasteiger partial charge in [0.05, 0.1) is 11.5 Å². The van der Waals surface area contributed by atoms with Crippen LogP contribution in [0.15, 0.2) is 0 Å². The van der Waals surface area contributed by atoms with Crippen LogP contribution in [-0.2, 0) is 4.79 Å². The molecule has 4 N–H and O–H groups in total. The lowest BCUT2D eigenvalue weighted by molar-refractivity contribution is -0.131. The van der Waals surface area contributed by atoms with Gasteiger partial charge in [0.1, 0.15) is 0 Å². The molecular weight excluding hydrogens is 276 g/mol. The fourth-order valence-electron chi connectivity index (χ4n) is 3.02. The Labute approximate surface area is 129 Å². The molecule has 1 unspecified atom stereocenters. The van der Waals surface area contributed by atoms with Gasteiger partial charge in [-0.15, -0.1) is 12.4 Å². The van der Waals surface area contributed by atoms with Gasteiger partial charge in [0, 0.05) is 13.1 Å². The van der Waals surface area contributed by atoms with Crippen LogP contribution in [-0.4, -0.2) is 30.2 Å². The van der Waals surface area contributed by atoms with E-state index in [-0.39, 0.29) is 18.3 Å². The van der Waals surface area contributed by atoms with E-state index in [1.807, 2.05) is 13.8 Å². The number of halogens is 1. The summed E-state index contributed by atoms with van der Waals surface area (Å²) in [7, 11) is 0. The summed E-state index contributed by atoms with van der Waals surface area (Å²) in [5.74, 6) is 0.347. The van der Waals surface area contributed by atoms with Crippen molar-refractivity contribution >= 4 is 18.3 Å². The highest BCUT2D eigenvalue weighted by Gasteiger charge is 2.33. The van der Waals surface area contributed by atoms with Crippen molar-refractivity contribution in [1.29, 1.82) is 0 Å². The molecule has 20 heavy (non-hydrogen) atoms. The summed E-state index contributed by atoms with van der Waals surface area (Å²) < 4.78 is 0. The third kappa shape index (κ3) is 4.90. The molecule has 0 aromatic rings. The van der Waals surface area contributed by atoms with E-state index >= 15 is 0 Å². The fraction of sp³-hybridized carbons (Fsp3) is 0.933. The predicted molar refractivity (Wildman–Crippen MR) is 84.9 cm³/mol. The number of hydrogen-bond donors (Lipinski definition) is 3. The summed E-state index contributed by atoms with van der Waals surface area (Å²) in [6.07, 6.45) is 6.92. The number of amides is 1. The topological polar surface area (TPSA) is 75.4 Å². The molecule has 1 aliphatic rings. The predicted octanol–water partition coefficient (Wildman–Crippen LogP) is 2.23. The molecule has 5 heteroatoms. The smallest absolute Gasteiger partial charge is 0.227 e. The van der Waals surface area contributed by atoms with Gasteiger partial charge in [-0.2, -0.15) is 0 Å². The lowest BCUT2D eigenvalue weighted by Gasteiger charge is -2.31. The number of carbonyl (C=O) groups excluding carboxylic acids is 1. The summed E-state index contributed by atoms with van der Waals surface area (Å²) >= 11 is 0. The Balaban J connectivity index is 0.00000361. The van der Waals surface area contributed by atoms with E-state index in [4.69, 9.17) is 5.73 Å². The minimum Gasteiger partial charge on any atom is -0.391 e. The van der Waals surface area contributed by atoms with Gasteiger partial charge in [-0.3, -0.25) is 4.79 Å². The maximum absolute atomic E-state index is 12.2. The second kappa shape index (κ2) is 9.59. The average Bonchev–Trinajstić information content (AvgIpc) is 2.48. The second-order valence-corrected chi connectivity index (χ2v) is 5.87. The molecule has 1 fully saturated rings. The zero-order valence-electron chi connectivity index (χ0n) is 12.9. The number of nitrogens with two attached hydrogens (primary N) is 1. The number of aliphatic hydroxyl groups is 1. The van der Waals surface area contributed by atoms with Crippen molar-refractivity contribution < 1.29 is 9.90 Å². The molecule has 0 aromatic carbocycles. The first-order valence-electron chi connectivity index (χ1n) is 7.76. The third-order valence-corrected chi connectivity index (χ3v) is 4.89. The molecule has 0 heterocycles. The van der Waals surface area contributed by atoms with Gasteiger partial charge in [-0.25, -0.2) is 0 Å². The van der Waals surface area contributed by atoms with E-state index in [9.17, 15) is 9.90 Å². The summed E-state index contributed by atoms with van der Waals surface area (Å²) in [6.45, 7) is 4.72. The van der Waals surface area contributed by atoms with Crippen molar-refractivity contribution in [3.05, 3.63) is 0 Å². The maximum atomic E-state index is 12.2. The van der Waals surface area contributed by atoms with Crippen LogP contribution < -0.4 is 11.1 Å². The highest BCUT2D eigenvalue weighted by molar-refractivity contribution is 5.85. The van der Waals surface area contributed by atoms with Gasteiger partial charge in [0.25, 0.3) is 0 Å². The van der Waals surface area contributed by atoms with Crippen molar-refractivity contribution in [2.75, 3.05) is 13.1 Å². The Kier molecular flexibility index (Phi) is 9.43. The van der Waals surface area contributed by atoms with Gasteiger partial charge in [-0.05, 0) is 31.6 Å². The number of carbonyl (C=O) groups is 1. The first-order valence-corrected chi connectivity index (χ1v) is 7.76. The number of hydrogen-bond acceptors (Lipinski definition) is 3. The molecule has 0 aliphatic heterocycles. The molecule has 1 atom stereocenters. The zero-order valence-corrected chi connectivity index (χ0v) is 13.7. The third-order valence-electron chi connectivity index (χ3n) is 4.89. The molecule has 0 aromatic heterocycles. The van der Waals surface area contributed by atoms with E-state index in [1.165, 1.54) is 19.3 Å². The van der Waals surface area contributed by atoms with Crippen molar-refractivity contribution in [2.24, 2.45) is 17.1 Å². The van der Waals surface area contributed by atoms with E-state index in [2.05, 4.69) is 5.32 Å². The lowest BCUT2D eigenvalue weighted by Crippen LogP contribution is -2.48. The minimum atomic E-state index is -0.466. The van der Waals surface area contributed by atoms with Gasteiger partial charge in [-0.1, -0.05) is 33.1 Å². The fourth-order valence-corrected chi connectivity index (χ4v) is 3.02. The molecule has 120 valence electrons. The molecule has 1 saturated carbocycles. The Morgan fingerprint density at radius 2 is 1.85 bits per heavy atom. The van der Waals surface area contributed by atoms with Crippen LogP contribution >= 0.6 is 12.4 Å². The van der Waals surface area contributed by atoms with E-state index in [0.29, 0.717) is 19.0 Å². The largest absolute Gasteiger partial charge is 0.391 e. The zero-order chi connectivity index (χ0) is 14.3. The number of aliphatic hydroxyl groups excluding tert-OH is 1. The molecule has 1 amide bonds. The van der Waals surface area contributed by atoms with Crippen LogP contribution in [0.3, 0.4) is 0 Å². The molecule has 0 spiro atoms. The Morgan fingerprint density at radius 1 is 1.30 bits per heavy atom. The van der Waals surface area contributed by atoms with Crippen molar-refractivity contribution in [3.8, 4) is 0 Å². The van der Waals surface area contributed by atoms with Crippen LogP contribution in [0.4, 0.5) is 0 Å². The SMILES string of the molecule is CCC(CC)(CN)C(=O)NCC(O)C1CCCCC1.Cl. The van der Waals surface area contributed by atoms with Crippen LogP contribution in [0.5, 0.6) is 0 Å². The standard InChI is InChI=1S/C15H30N2O2.ClH/c1-3-15(4-2,11-16)14(19)17-10-13(18)12-8-6-5-7-9-12;/h12-13,18H,3-11,16H2,1-2H3,(H,17,19);1H. The highest BCUT2D eigenvalue weighted by atomic mass is 35.5. The number of nitrogens with one attached hydrogen (secondary N) is 1. The average molecular weight is 307 g/mol. The van der Waals surface area contributed by atoms with Gasteiger partial charge < -0.3 is 16.2 Å². The van der Waals surface area contributed by atoms with Crippen molar-refractivity contribution in [1.82, 2.24) is 5.32 Å². The van der Waals surface area contributed by atoms with E-state index in [0.717, 1.165) is 25.7 Å². The van der Waals surface area contributed by atoms with E-state index in [1.54, 1.807) is 0 Å². The van der Waals surface area contributed by atoms with E-state index < -0.39 is 11.5 Å². The Hall–Kier alpha value is -0.320. The number of rotatable bonds is 7. The summed E-state index contributed by atoms with van der Waals surface area (Å²) in [5, 5.41) is 13.1. The first-order chi connectivity index (χ1) is 9.09. The molecule has 0 saturated heterocycles. The van der Waals surface area contributed by atoms with Crippen LogP contribution in [0.1, 0.15) is 58.8 Å². The highest BCUT2D eigenvalue weighted by Crippen LogP contribution is 2.27. The van der Waals surface area contributed by atoms with Crippen molar-refractivity contribution in [2.45, 2.75) is 64.9 Å². The van der Waals surface area contributed by atoms with Gasteiger partial charge in [0.15, 0.2) is 0 Å². The lowest BCUT2D eigenvalue weighted by atomic mass is 9.81. The second-order valence-electron chi connectivity index (χ2n) is 5.87. The van der Waals surface area contributed by atoms with Gasteiger partial charge in [0.2, 0.25) is 5.91 Å². The van der Waals surface area contributed by atoms with Gasteiger partial charge >= 0.3 is 0 Å². The van der Waals surface area contributed by atoms with Crippen molar-refractivity contribution in [3.63, 3.8) is 0 Å². The van der Waals surface area contributed by atoms with Crippen LogP contribution in [0, 0.1) is 11.3 Å². The Bertz CT molecular complexity index is 269. The summed E-state index contributed by atoms with van der Waals surface area (Å²) in [4.78, 5) is 12.2. The van der Waals surface area contributed by atoms with Crippen LogP contribution in [0.25, 0.3) is 0 Å².